The Labute approximate surface area is 154 Å². The highest BCUT2D eigenvalue weighted by Crippen LogP contribution is 2.52. The van der Waals surface area contributed by atoms with Crippen LogP contribution in [0, 0.1) is 11.3 Å². The van der Waals surface area contributed by atoms with Gasteiger partial charge in [-0.05, 0) is 39.2 Å². The molecule has 1 saturated carbocycles. The number of nitrogens with zero attached hydrogens (tertiary/aromatic N) is 2. The minimum Gasteiger partial charge on any atom is -0.377 e. The number of rotatable bonds is 6. The maximum Gasteiger partial charge on any atom is 0.191 e. The van der Waals surface area contributed by atoms with Crippen LogP contribution in [-0.4, -0.2) is 61.8 Å². The van der Waals surface area contributed by atoms with Crippen molar-refractivity contribution < 1.29 is 4.74 Å². The number of guanidine groups is 1. The van der Waals surface area contributed by atoms with Gasteiger partial charge in [-0.2, -0.15) is 0 Å². The van der Waals surface area contributed by atoms with Crippen LogP contribution in [0.15, 0.2) is 4.99 Å². The van der Waals surface area contributed by atoms with Gasteiger partial charge in [-0.15, -0.1) is 0 Å². The zero-order valence-corrected chi connectivity index (χ0v) is 16.7. The Kier molecular flexibility index (Phi) is 6.26. The summed E-state index contributed by atoms with van der Waals surface area (Å²) in [6.07, 6.45) is 6.66. The Morgan fingerprint density at radius 1 is 1.16 bits per heavy atom. The normalized spacial score (nSPS) is 33.0. The molecule has 2 aliphatic heterocycles. The lowest BCUT2D eigenvalue weighted by atomic mass is 9.57. The van der Waals surface area contributed by atoms with E-state index in [9.17, 15) is 0 Å². The molecular formula is C20H38N4O. The first-order valence-electron chi connectivity index (χ1n) is 10.5. The molecule has 1 aliphatic carbocycles. The van der Waals surface area contributed by atoms with Gasteiger partial charge in [0.05, 0.1) is 6.10 Å². The van der Waals surface area contributed by atoms with Crippen molar-refractivity contribution in [3.8, 4) is 0 Å². The SMILES string of the molecule is CCCCN1CCC(NC(=NCC)NC2C3CCOC3C2(C)C)CC1. The van der Waals surface area contributed by atoms with Gasteiger partial charge in [-0.3, -0.25) is 4.99 Å². The van der Waals surface area contributed by atoms with Crippen LogP contribution in [-0.2, 0) is 4.74 Å². The summed E-state index contributed by atoms with van der Waals surface area (Å²) in [6.45, 7) is 14.5. The lowest BCUT2D eigenvalue weighted by Crippen LogP contribution is -2.68. The van der Waals surface area contributed by atoms with Gasteiger partial charge in [0.1, 0.15) is 0 Å². The quantitative estimate of drug-likeness (QED) is 0.571. The molecule has 0 bridgehead atoms. The van der Waals surface area contributed by atoms with E-state index in [2.05, 4.69) is 43.2 Å². The number of aliphatic imine (C=N–C) groups is 1. The second kappa shape index (κ2) is 8.26. The monoisotopic (exact) mass is 350 g/mol. The Hall–Kier alpha value is -0.810. The summed E-state index contributed by atoms with van der Waals surface area (Å²) >= 11 is 0. The fraction of sp³-hybridized carbons (Fsp3) is 0.950. The fourth-order valence-electron chi connectivity index (χ4n) is 4.93. The van der Waals surface area contributed by atoms with E-state index in [1.807, 2.05) is 0 Å². The van der Waals surface area contributed by atoms with Crippen molar-refractivity contribution in [2.75, 3.05) is 32.8 Å². The molecule has 3 atom stereocenters. The first kappa shape index (κ1) is 19.0. The Morgan fingerprint density at radius 3 is 2.60 bits per heavy atom. The lowest BCUT2D eigenvalue weighted by Gasteiger charge is -2.55. The van der Waals surface area contributed by atoms with Gasteiger partial charge >= 0.3 is 0 Å². The van der Waals surface area contributed by atoms with Crippen LogP contribution in [0.25, 0.3) is 0 Å². The minimum atomic E-state index is 0.195. The van der Waals surface area contributed by atoms with Gasteiger partial charge in [-0.1, -0.05) is 27.2 Å². The molecule has 3 unspecified atom stereocenters. The number of hydrogen-bond acceptors (Lipinski definition) is 3. The third-order valence-corrected chi connectivity index (χ3v) is 6.47. The van der Waals surface area contributed by atoms with E-state index in [0.717, 1.165) is 19.1 Å². The van der Waals surface area contributed by atoms with Crippen molar-refractivity contribution >= 4 is 5.96 Å². The second-order valence-corrected chi connectivity index (χ2v) is 8.62. The van der Waals surface area contributed by atoms with Gasteiger partial charge < -0.3 is 20.3 Å². The molecule has 2 N–H and O–H groups in total. The third-order valence-electron chi connectivity index (χ3n) is 6.47. The predicted molar refractivity (Wildman–Crippen MR) is 104 cm³/mol. The Morgan fingerprint density at radius 2 is 1.92 bits per heavy atom. The molecule has 0 aromatic heterocycles. The number of piperidine rings is 1. The molecule has 3 aliphatic rings. The van der Waals surface area contributed by atoms with Gasteiger partial charge in [-0.25, -0.2) is 0 Å². The van der Waals surface area contributed by atoms with Crippen LogP contribution in [0.3, 0.4) is 0 Å². The highest BCUT2D eigenvalue weighted by Gasteiger charge is 2.59. The van der Waals surface area contributed by atoms with Gasteiger partial charge in [0.25, 0.3) is 0 Å². The van der Waals surface area contributed by atoms with Crippen molar-refractivity contribution in [2.24, 2.45) is 16.3 Å². The maximum atomic E-state index is 5.93. The lowest BCUT2D eigenvalue weighted by molar-refractivity contribution is -0.106. The summed E-state index contributed by atoms with van der Waals surface area (Å²) in [7, 11) is 0. The third kappa shape index (κ3) is 4.13. The summed E-state index contributed by atoms with van der Waals surface area (Å²) in [4.78, 5) is 7.34. The molecule has 3 fully saturated rings. The summed E-state index contributed by atoms with van der Waals surface area (Å²) < 4.78 is 5.93. The summed E-state index contributed by atoms with van der Waals surface area (Å²) in [5.74, 6) is 1.66. The largest absolute Gasteiger partial charge is 0.377 e. The summed E-state index contributed by atoms with van der Waals surface area (Å²) in [5, 5.41) is 7.48. The van der Waals surface area contributed by atoms with Crippen molar-refractivity contribution in [1.29, 1.82) is 0 Å². The molecule has 25 heavy (non-hydrogen) atoms. The smallest absolute Gasteiger partial charge is 0.191 e. The highest BCUT2D eigenvalue weighted by atomic mass is 16.5. The van der Waals surface area contributed by atoms with Crippen molar-refractivity contribution in [3.63, 3.8) is 0 Å². The number of nitrogens with one attached hydrogen (secondary N) is 2. The van der Waals surface area contributed by atoms with E-state index in [1.54, 1.807) is 0 Å². The average molecular weight is 351 g/mol. The van der Waals surface area contributed by atoms with E-state index in [-0.39, 0.29) is 5.41 Å². The topological polar surface area (TPSA) is 48.9 Å². The van der Waals surface area contributed by atoms with Crippen LogP contribution in [0.2, 0.25) is 0 Å². The molecule has 5 nitrogen and oxygen atoms in total. The predicted octanol–water partition coefficient (Wildman–Crippen LogP) is 2.62. The zero-order chi connectivity index (χ0) is 17.9. The number of fused-ring (bicyclic) bond motifs is 1. The van der Waals surface area contributed by atoms with E-state index < -0.39 is 0 Å². The second-order valence-electron chi connectivity index (χ2n) is 8.62. The van der Waals surface area contributed by atoms with Crippen LogP contribution in [0.4, 0.5) is 0 Å². The van der Waals surface area contributed by atoms with Crippen LogP contribution >= 0.6 is 0 Å². The molecule has 0 radical (unpaired) electrons. The standard InChI is InChI=1S/C20H38N4O/c1-5-7-11-24-12-8-15(9-13-24)22-19(21-6-2)23-17-16-10-14-25-18(16)20(17,3)4/h15-18H,5-14H2,1-4H3,(H2,21,22,23). The van der Waals surface area contributed by atoms with Crippen LogP contribution in [0.1, 0.15) is 59.8 Å². The molecule has 0 spiro atoms. The number of unbranched alkanes of at least 4 members (excludes halogenated alkanes) is 1. The average Bonchev–Trinajstić information content (AvgIpc) is 3.06. The van der Waals surface area contributed by atoms with Gasteiger partial charge in [0, 0.05) is 49.7 Å². The van der Waals surface area contributed by atoms with Gasteiger partial charge in [0.15, 0.2) is 5.96 Å². The molecule has 0 aromatic carbocycles. The van der Waals surface area contributed by atoms with Crippen LogP contribution < -0.4 is 10.6 Å². The number of hydrogen-bond donors (Lipinski definition) is 2. The van der Waals surface area contributed by atoms with Gasteiger partial charge in [0.2, 0.25) is 0 Å². The minimum absolute atomic E-state index is 0.195. The molecule has 2 heterocycles. The molecule has 5 heteroatoms. The Balaban J connectivity index is 1.50. The Bertz CT molecular complexity index is 457. The molecule has 0 aromatic rings. The highest BCUT2D eigenvalue weighted by molar-refractivity contribution is 5.80. The summed E-state index contributed by atoms with van der Waals surface area (Å²) in [5.41, 5.74) is 0.195. The van der Waals surface area contributed by atoms with E-state index >= 15 is 0 Å². The van der Waals surface area contributed by atoms with E-state index in [0.29, 0.717) is 24.1 Å². The number of ether oxygens (including phenoxy) is 1. The van der Waals surface area contributed by atoms with E-state index in [4.69, 9.17) is 9.73 Å². The molecule has 2 saturated heterocycles. The number of likely N-dealkylation sites (tertiary alicyclic amines) is 1. The van der Waals surface area contributed by atoms with Crippen LogP contribution in [0.5, 0.6) is 0 Å². The maximum absolute atomic E-state index is 5.93. The van der Waals surface area contributed by atoms with Crippen molar-refractivity contribution in [1.82, 2.24) is 15.5 Å². The zero-order valence-electron chi connectivity index (χ0n) is 16.7. The van der Waals surface area contributed by atoms with Crippen molar-refractivity contribution in [3.05, 3.63) is 0 Å². The molecule has 144 valence electrons. The van der Waals surface area contributed by atoms with E-state index in [1.165, 1.54) is 51.7 Å². The molecule has 0 amide bonds. The molecule has 3 rings (SSSR count). The fourth-order valence-corrected chi connectivity index (χ4v) is 4.93. The molecular weight excluding hydrogens is 312 g/mol. The first-order chi connectivity index (χ1) is 12.1. The first-order valence-corrected chi connectivity index (χ1v) is 10.5. The van der Waals surface area contributed by atoms with Crippen molar-refractivity contribution in [2.45, 2.75) is 78.0 Å². The summed E-state index contributed by atoms with van der Waals surface area (Å²) in [6, 6.07) is 1.02.